The quantitative estimate of drug-likeness (QED) is 0.811. The molecule has 1 saturated heterocycles. The monoisotopic (exact) mass is 313 g/mol. The molecule has 1 unspecified atom stereocenters. The van der Waals surface area contributed by atoms with Gasteiger partial charge in [-0.15, -0.1) is 0 Å². The molecule has 1 amide bonds. The summed E-state index contributed by atoms with van der Waals surface area (Å²) in [6.45, 7) is 3.23. The van der Waals surface area contributed by atoms with Gasteiger partial charge in [-0.3, -0.25) is 19.6 Å². The first-order valence-electron chi connectivity index (χ1n) is 7.85. The molecular formula is C17H19N3O3. The van der Waals surface area contributed by atoms with Gasteiger partial charge in [0.15, 0.2) is 0 Å². The second-order valence-electron chi connectivity index (χ2n) is 5.60. The number of ether oxygens (including phenoxy) is 1. The molecule has 0 saturated carbocycles. The number of carbonyl (C=O) groups is 2. The molecule has 0 radical (unpaired) electrons. The third-order valence-electron chi connectivity index (χ3n) is 4.04. The molecule has 2 aromatic rings. The van der Waals surface area contributed by atoms with Crippen molar-refractivity contribution in [3.05, 3.63) is 36.2 Å². The minimum absolute atomic E-state index is 0.0773. The molecule has 1 aromatic carbocycles. The van der Waals surface area contributed by atoms with Crippen molar-refractivity contribution in [1.82, 2.24) is 14.9 Å². The van der Waals surface area contributed by atoms with Crippen LogP contribution in [0.1, 0.15) is 30.1 Å². The predicted octanol–water partition coefficient (Wildman–Crippen LogP) is 2.05. The van der Waals surface area contributed by atoms with Crippen molar-refractivity contribution in [2.75, 3.05) is 19.7 Å². The second-order valence-corrected chi connectivity index (χ2v) is 5.60. The number of carbonyl (C=O) groups excluding carboxylic acids is 2. The Morgan fingerprint density at radius 2 is 2.04 bits per heavy atom. The van der Waals surface area contributed by atoms with Gasteiger partial charge in [-0.05, 0) is 38.0 Å². The van der Waals surface area contributed by atoms with Crippen molar-refractivity contribution in [2.45, 2.75) is 19.8 Å². The maximum atomic E-state index is 12.7. The van der Waals surface area contributed by atoms with Gasteiger partial charge < -0.3 is 9.64 Å². The zero-order valence-corrected chi connectivity index (χ0v) is 13.1. The molecular weight excluding hydrogens is 294 g/mol. The SMILES string of the molecule is CCOC(=O)C1CCCN(C(=O)c2ccc3nccnc3c2)C1. The van der Waals surface area contributed by atoms with Gasteiger partial charge >= 0.3 is 5.97 Å². The molecule has 1 aliphatic heterocycles. The Hall–Kier alpha value is -2.50. The highest BCUT2D eigenvalue weighted by Gasteiger charge is 2.29. The summed E-state index contributed by atoms with van der Waals surface area (Å²) < 4.78 is 5.08. The van der Waals surface area contributed by atoms with Crippen molar-refractivity contribution >= 4 is 22.9 Å². The second kappa shape index (κ2) is 6.73. The van der Waals surface area contributed by atoms with E-state index in [-0.39, 0.29) is 17.8 Å². The fourth-order valence-corrected chi connectivity index (χ4v) is 2.89. The molecule has 2 heterocycles. The van der Waals surface area contributed by atoms with Crippen LogP contribution in [0.15, 0.2) is 30.6 Å². The first kappa shape index (κ1) is 15.4. The summed E-state index contributed by atoms with van der Waals surface area (Å²) >= 11 is 0. The number of likely N-dealkylation sites (tertiary alicyclic amines) is 1. The van der Waals surface area contributed by atoms with Gasteiger partial charge in [0.05, 0.1) is 23.6 Å². The maximum Gasteiger partial charge on any atom is 0.310 e. The molecule has 1 aromatic heterocycles. The molecule has 0 N–H and O–H groups in total. The van der Waals surface area contributed by atoms with E-state index in [2.05, 4.69) is 9.97 Å². The van der Waals surface area contributed by atoms with Crippen LogP contribution in [0.4, 0.5) is 0 Å². The summed E-state index contributed by atoms with van der Waals surface area (Å²) in [5.41, 5.74) is 2.02. The molecule has 6 nitrogen and oxygen atoms in total. The molecule has 1 fully saturated rings. The zero-order valence-electron chi connectivity index (χ0n) is 13.1. The summed E-state index contributed by atoms with van der Waals surface area (Å²) in [7, 11) is 0. The number of nitrogens with zero attached hydrogens (tertiary/aromatic N) is 3. The average Bonchev–Trinajstić information content (AvgIpc) is 2.61. The summed E-state index contributed by atoms with van der Waals surface area (Å²) in [5.74, 6) is -0.520. The van der Waals surface area contributed by atoms with E-state index in [4.69, 9.17) is 4.74 Å². The van der Waals surface area contributed by atoms with E-state index in [1.807, 2.05) is 0 Å². The van der Waals surface area contributed by atoms with E-state index in [1.54, 1.807) is 42.4 Å². The molecule has 1 aliphatic rings. The van der Waals surface area contributed by atoms with Gasteiger partial charge in [0.2, 0.25) is 0 Å². The van der Waals surface area contributed by atoms with Crippen molar-refractivity contribution < 1.29 is 14.3 Å². The molecule has 0 aliphatic carbocycles. The third kappa shape index (κ3) is 3.31. The van der Waals surface area contributed by atoms with Crippen LogP contribution in [0.25, 0.3) is 11.0 Å². The van der Waals surface area contributed by atoms with Crippen molar-refractivity contribution in [2.24, 2.45) is 5.92 Å². The van der Waals surface area contributed by atoms with Crippen molar-refractivity contribution in [3.8, 4) is 0 Å². The third-order valence-corrected chi connectivity index (χ3v) is 4.04. The number of rotatable bonds is 3. The average molecular weight is 313 g/mol. The number of esters is 1. The van der Waals surface area contributed by atoms with Crippen molar-refractivity contribution in [3.63, 3.8) is 0 Å². The number of benzene rings is 1. The van der Waals surface area contributed by atoms with Gasteiger partial charge in [0, 0.05) is 31.0 Å². The first-order chi connectivity index (χ1) is 11.2. The van der Waals surface area contributed by atoms with Crippen LogP contribution in [-0.4, -0.2) is 46.4 Å². The van der Waals surface area contributed by atoms with E-state index >= 15 is 0 Å². The Balaban J connectivity index is 1.77. The van der Waals surface area contributed by atoms with E-state index in [0.29, 0.717) is 30.8 Å². The lowest BCUT2D eigenvalue weighted by Crippen LogP contribution is -2.42. The summed E-state index contributed by atoms with van der Waals surface area (Å²) in [5, 5.41) is 0. The lowest BCUT2D eigenvalue weighted by molar-refractivity contribution is -0.149. The minimum Gasteiger partial charge on any atom is -0.466 e. The van der Waals surface area contributed by atoms with Crippen LogP contribution in [0, 0.1) is 5.92 Å². The fraction of sp³-hybridized carbons (Fsp3) is 0.412. The predicted molar refractivity (Wildman–Crippen MR) is 84.8 cm³/mol. The molecule has 0 bridgehead atoms. The highest BCUT2D eigenvalue weighted by Crippen LogP contribution is 2.21. The first-order valence-corrected chi connectivity index (χ1v) is 7.85. The van der Waals surface area contributed by atoms with Gasteiger partial charge in [0.25, 0.3) is 5.91 Å². The highest BCUT2D eigenvalue weighted by molar-refractivity contribution is 5.97. The normalized spacial score (nSPS) is 18.0. The molecule has 23 heavy (non-hydrogen) atoms. The number of amides is 1. The van der Waals surface area contributed by atoms with Gasteiger partial charge in [-0.1, -0.05) is 0 Å². The summed E-state index contributed by atoms with van der Waals surface area (Å²) in [4.78, 5) is 34.7. The molecule has 1 atom stereocenters. The van der Waals surface area contributed by atoms with Crippen LogP contribution in [0.2, 0.25) is 0 Å². The minimum atomic E-state index is -0.229. The summed E-state index contributed by atoms with van der Waals surface area (Å²) in [6.07, 6.45) is 4.81. The number of hydrogen-bond donors (Lipinski definition) is 0. The van der Waals surface area contributed by atoms with E-state index < -0.39 is 0 Å². The lowest BCUT2D eigenvalue weighted by atomic mass is 9.97. The molecule has 6 heteroatoms. The Labute approximate surface area is 134 Å². The summed E-state index contributed by atoms with van der Waals surface area (Å²) in [6, 6.07) is 5.30. The van der Waals surface area contributed by atoms with E-state index in [1.165, 1.54) is 0 Å². The van der Waals surface area contributed by atoms with Gasteiger partial charge in [-0.25, -0.2) is 0 Å². The Morgan fingerprint density at radius 3 is 2.83 bits per heavy atom. The zero-order chi connectivity index (χ0) is 16.2. The Bertz CT molecular complexity index is 732. The van der Waals surface area contributed by atoms with Crippen LogP contribution in [0.5, 0.6) is 0 Å². The molecule has 3 rings (SSSR count). The Kier molecular flexibility index (Phi) is 4.50. The van der Waals surface area contributed by atoms with E-state index in [9.17, 15) is 9.59 Å². The number of aromatic nitrogens is 2. The van der Waals surface area contributed by atoms with Crippen LogP contribution < -0.4 is 0 Å². The van der Waals surface area contributed by atoms with Crippen LogP contribution in [-0.2, 0) is 9.53 Å². The van der Waals surface area contributed by atoms with Gasteiger partial charge in [0.1, 0.15) is 0 Å². The standard InChI is InChI=1S/C17H19N3O3/c1-2-23-17(22)13-4-3-9-20(11-13)16(21)12-5-6-14-15(10-12)19-8-7-18-14/h5-8,10,13H,2-4,9,11H2,1H3. The topological polar surface area (TPSA) is 72.4 Å². The maximum absolute atomic E-state index is 12.7. The smallest absolute Gasteiger partial charge is 0.310 e. The van der Waals surface area contributed by atoms with Crippen LogP contribution in [0.3, 0.4) is 0 Å². The van der Waals surface area contributed by atoms with Crippen LogP contribution >= 0.6 is 0 Å². The largest absolute Gasteiger partial charge is 0.466 e. The molecule has 0 spiro atoms. The van der Waals surface area contributed by atoms with E-state index in [0.717, 1.165) is 18.4 Å². The lowest BCUT2D eigenvalue weighted by Gasteiger charge is -2.31. The highest BCUT2D eigenvalue weighted by atomic mass is 16.5. The molecule has 120 valence electrons. The Morgan fingerprint density at radius 1 is 1.26 bits per heavy atom. The van der Waals surface area contributed by atoms with Crippen molar-refractivity contribution in [1.29, 1.82) is 0 Å². The number of hydrogen-bond acceptors (Lipinski definition) is 5. The fourth-order valence-electron chi connectivity index (χ4n) is 2.89. The number of fused-ring (bicyclic) bond motifs is 1. The van der Waals surface area contributed by atoms with Gasteiger partial charge in [-0.2, -0.15) is 0 Å². The number of piperidine rings is 1.